The van der Waals surface area contributed by atoms with Crippen molar-refractivity contribution in [2.45, 2.75) is 0 Å². The Morgan fingerprint density at radius 1 is 1.50 bits per heavy atom. The van der Waals surface area contributed by atoms with Gasteiger partial charge in [-0.15, -0.1) is 0 Å². The average Bonchev–Trinajstić information content (AvgIpc) is 2.06. The van der Waals surface area contributed by atoms with Gasteiger partial charge in [0.25, 0.3) is 0 Å². The molecule has 0 bridgehead atoms. The minimum atomic E-state index is -0.141. The molecule has 1 aromatic carbocycles. The molecule has 0 atom stereocenters. The smallest absolute Gasteiger partial charge is 0.321 e. The number of anilines is 1. The van der Waals surface area contributed by atoms with Gasteiger partial charge in [0, 0.05) is 20.2 Å². The quantitative estimate of drug-likeness (QED) is 0.669. The Hall–Kier alpha value is -1.51. The van der Waals surface area contributed by atoms with Gasteiger partial charge in [-0.05, 0) is 6.07 Å². The van der Waals surface area contributed by atoms with Crippen molar-refractivity contribution in [1.82, 2.24) is 4.90 Å². The molecule has 0 unspecified atom stereocenters. The number of hydrogen-bond donors (Lipinski definition) is 1. The van der Waals surface area contributed by atoms with Crippen LogP contribution < -0.4 is 5.32 Å². The van der Waals surface area contributed by atoms with Crippen LogP contribution >= 0.6 is 0 Å². The van der Waals surface area contributed by atoms with Crippen molar-refractivity contribution in [2.24, 2.45) is 0 Å². The van der Waals surface area contributed by atoms with Gasteiger partial charge < -0.3 is 10.2 Å². The van der Waals surface area contributed by atoms with Crippen molar-refractivity contribution in [3.8, 4) is 0 Å². The van der Waals surface area contributed by atoms with Crippen LogP contribution in [0.15, 0.2) is 24.3 Å². The molecular weight excluding hydrogens is 152 g/mol. The molecule has 0 aromatic heterocycles. The number of carbonyl (C=O) groups is 1. The number of para-hydroxylation sites is 1. The van der Waals surface area contributed by atoms with Crippen molar-refractivity contribution < 1.29 is 4.79 Å². The molecule has 0 spiro atoms. The Labute approximate surface area is 72.0 Å². The highest BCUT2D eigenvalue weighted by Gasteiger charge is 2.01. The van der Waals surface area contributed by atoms with Crippen LogP contribution in [-0.2, 0) is 0 Å². The fourth-order valence-corrected chi connectivity index (χ4v) is 0.698. The van der Waals surface area contributed by atoms with Gasteiger partial charge >= 0.3 is 6.03 Å². The summed E-state index contributed by atoms with van der Waals surface area (Å²) in [6, 6.07) is 10.0. The molecule has 2 amide bonds. The van der Waals surface area contributed by atoms with Crippen LogP contribution in [0.3, 0.4) is 0 Å². The Bertz CT molecular complexity index is 256. The van der Waals surface area contributed by atoms with E-state index in [2.05, 4.69) is 11.4 Å². The number of rotatable bonds is 1. The maximum absolute atomic E-state index is 11.1. The van der Waals surface area contributed by atoms with E-state index in [-0.39, 0.29) is 6.03 Å². The summed E-state index contributed by atoms with van der Waals surface area (Å²) in [6.07, 6.45) is 0. The molecule has 63 valence electrons. The summed E-state index contributed by atoms with van der Waals surface area (Å²) >= 11 is 0. The summed E-state index contributed by atoms with van der Waals surface area (Å²) < 4.78 is 0. The SMILES string of the molecule is CN(C)C(=O)Nc1[c]cccc1. The largest absolute Gasteiger partial charge is 0.331 e. The van der Waals surface area contributed by atoms with Gasteiger partial charge in [0.2, 0.25) is 0 Å². The maximum Gasteiger partial charge on any atom is 0.321 e. The molecular formula is C9H11N2O. The zero-order chi connectivity index (χ0) is 8.97. The first kappa shape index (κ1) is 8.59. The van der Waals surface area contributed by atoms with E-state index in [1.807, 2.05) is 12.1 Å². The van der Waals surface area contributed by atoms with Gasteiger partial charge in [0.1, 0.15) is 0 Å². The van der Waals surface area contributed by atoms with Crippen LogP contribution in [0.1, 0.15) is 0 Å². The molecule has 1 radical (unpaired) electrons. The van der Waals surface area contributed by atoms with Crippen LogP contribution in [0, 0.1) is 6.07 Å². The standard InChI is InChI=1S/C9H11N2O/c1-11(2)9(12)10-8-6-4-3-5-7-8/h3-6H,1-2H3,(H,10,12). The second kappa shape index (κ2) is 3.76. The lowest BCUT2D eigenvalue weighted by molar-refractivity contribution is 0.230. The second-order valence-electron chi connectivity index (χ2n) is 2.60. The van der Waals surface area contributed by atoms with Gasteiger partial charge in [-0.2, -0.15) is 0 Å². The van der Waals surface area contributed by atoms with Crippen LogP contribution in [0.25, 0.3) is 0 Å². The first-order chi connectivity index (χ1) is 5.70. The zero-order valence-electron chi connectivity index (χ0n) is 7.16. The number of nitrogens with one attached hydrogen (secondary N) is 1. The lowest BCUT2D eigenvalue weighted by Gasteiger charge is -2.11. The molecule has 3 heteroatoms. The molecule has 0 saturated heterocycles. The molecule has 1 aromatic rings. The Morgan fingerprint density at radius 3 is 2.75 bits per heavy atom. The van der Waals surface area contributed by atoms with E-state index in [0.29, 0.717) is 5.69 Å². The number of hydrogen-bond acceptors (Lipinski definition) is 1. The fraction of sp³-hybridized carbons (Fsp3) is 0.222. The van der Waals surface area contributed by atoms with Crippen LogP contribution in [0.5, 0.6) is 0 Å². The van der Waals surface area contributed by atoms with Crippen molar-refractivity contribution in [3.05, 3.63) is 30.3 Å². The minimum absolute atomic E-state index is 0.141. The predicted molar refractivity (Wildman–Crippen MR) is 48.0 cm³/mol. The van der Waals surface area contributed by atoms with Gasteiger partial charge in [-0.1, -0.05) is 18.2 Å². The van der Waals surface area contributed by atoms with Gasteiger partial charge in [0.15, 0.2) is 0 Å². The van der Waals surface area contributed by atoms with E-state index in [9.17, 15) is 4.79 Å². The Morgan fingerprint density at radius 2 is 2.25 bits per heavy atom. The molecule has 1 N–H and O–H groups in total. The first-order valence-electron chi connectivity index (χ1n) is 3.65. The van der Waals surface area contributed by atoms with Gasteiger partial charge in [0.05, 0.1) is 5.69 Å². The van der Waals surface area contributed by atoms with Gasteiger partial charge in [-0.25, -0.2) is 4.79 Å². The number of amides is 2. The third-order valence-electron chi connectivity index (χ3n) is 1.36. The summed E-state index contributed by atoms with van der Waals surface area (Å²) in [6.45, 7) is 0. The summed E-state index contributed by atoms with van der Waals surface area (Å²) in [5, 5.41) is 2.67. The Balaban J connectivity index is 2.59. The summed E-state index contributed by atoms with van der Waals surface area (Å²) in [5.41, 5.74) is 0.691. The number of urea groups is 1. The predicted octanol–water partition coefficient (Wildman–Crippen LogP) is 1.58. The van der Waals surface area contributed by atoms with Crippen LogP contribution in [-0.4, -0.2) is 25.0 Å². The molecule has 0 aliphatic heterocycles. The molecule has 0 aliphatic rings. The topological polar surface area (TPSA) is 32.3 Å². The highest BCUT2D eigenvalue weighted by molar-refractivity contribution is 5.88. The van der Waals surface area contributed by atoms with E-state index in [4.69, 9.17) is 0 Å². The van der Waals surface area contributed by atoms with E-state index >= 15 is 0 Å². The number of carbonyl (C=O) groups excluding carboxylic acids is 1. The molecule has 3 nitrogen and oxygen atoms in total. The van der Waals surface area contributed by atoms with Gasteiger partial charge in [-0.3, -0.25) is 0 Å². The molecule has 0 saturated carbocycles. The van der Waals surface area contributed by atoms with Crippen molar-refractivity contribution in [3.63, 3.8) is 0 Å². The van der Waals surface area contributed by atoms with Crippen molar-refractivity contribution in [1.29, 1.82) is 0 Å². The summed E-state index contributed by atoms with van der Waals surface area (Å²) in [4.78, 5) is 12.6. The number of nitrogens with zero attached hydrogens (tertiary/aromatic N) is 1. The molecule has 0 aliphatic carbocycles. The van der Waals surface area contributed by atoms with Crippen LogP contribution in [0.2, 0.25) is 0 Å². The third kappa shape index (κ3) is 2.27. The maximum atomic E-state index is 11.1. The third-order valence-corrected chi connectivity index (χ3v) is 1.36. The lowest BCUT2D eigenvalue weighted by atomic mass is 10.3. The monoisotopic (exact) mass is 163 g/mol. The van der Waals surface area contributed by atoms with Crippen LogP contribution in [0.4, 0.5) is 10.5 Å². The summed E-state index contributed by atoms with van der Waals surface area (Å²) in [5.74, 6) is 0. The zero-order valence-corrected chi connectivity index (χ0v) is 7.16. The van der Waals surface area contributed by atoms with E-state index in [1.54, 1.807) is 26.2 Å². The Kier molecular flexibility index (Phi) is 2.69. The molecule has 0 fully saturated rings. The highest BCUT2D eigenvalue weighted by Crippen LogP contribution is 2.03. The van der Waals surface area contributed by atoms with E-state index < -0.39 is 0 Å². The van der Waals surface area contributed by atoms with E-state index in [0.717, 1.165) is 0 Å². The molecule has 12 heavy (non-hydrogen) atoms. The normalized spacial score (nSPS) is 9.17. The van der Waals surface area contributed by atoms with E-state index in [1.165, 1.54) is 4.90 Å². The molecule has 1 rings (SSSR count). The average molecular weight is 163 g/mol. The molecule has 0 heterocycles. The minimum Gasteiger partial charge on any atom is -0.331 e. The highest BCUT2D eigenvalue weighted by atomic mass is 16.2. The fourth-order valence-electron chi connectivity index (χ4n) is 0.698. The lowest BCUT2D eigenvalue weighted by Crippen LogP contribution is -2.27. The first-order valence-corrected chi connectivity index (χ1v) is 3.65. The van der Waals surface area contributed by atoms with Crippen molar-refractivity contribution in [2.75, 3.05) is 19.4 Å². The number of benzene rings is 1. The second-order valence-corrected chi connectivity index (χ2v) is 2.60. The summed E-state index contributed by atoms with van der Waals surface area (Å²) in [7, 11) is 3.39. The van der Waals surface area contributed by atoms with Crippen molar-refractivity contribution >= 4 is 11.7 Å².